The van der Waals surface area contributed by atoms with Crippen molar-refractivity contribution < 1.29 is 4.74 Å². The van der Waals surface area contributed by atoms with Gasteiger partial charge < -0.3 is 9.30 Å². The van der Waals surface area contributed by atoms with Crippen LogP contribution in [0.25, 0.3) is 11.0 Å². The zero-order valence-corrected chi connectivity index (χ0v) is 20.1. The van der Waals surface area contributed by atoms with E-state index in [-0.39, 0.29) is 6.10 Å². The molecule has 0 radical (unpaired) electrons. The Morgan fingerprint density at radius 2 is 1.61 bits per heavy atom. The topological polar surface area (TPSA) is 27.1 Å². The molecule has 0 amide bonds. The molecular weight excluding hydrogens is 404 g/mol. The minimum atomic E-state index is -0.133. The number of rotatable bonds is 13. The fraction of sp³-hybridized carbons (Fsp3) is 0.519. The van der Waals surface area contributed by atoms with Gasteiger partial charge in [-0.25, -0.2) is 4.98 Å². The molecule has 168 valence electrons. The Labute approximate surface area is 192 Å². The lowest BCUT2D eigenvalue weighted by Crippen LogP contribution is -2.12. The predicted octanol–water partition coefficient (Wildman–Crippen LogP) is 8.67. The first-order chi connectivity index (χ1) is 15.1. The van der Waals surface area contributed by atoms with Crippen LogP contribution in [-0.4, -0.2) is 9.55 Å². The molecule has 1 aromatic heterocycles. The van der Waals surface area contributed by atoms with Gasteiger partial charge >= 0.3 is 0 Å². The lowest BCUT2D eigenvalue weighted by Gasteiger charge is -2.17. The van der Waals surface area contributed by atoms with Crippen LogP contribution in [0.3, 0.4) is 0 Å². The lowest BCUT2D eigenvalue weighted by atomic mass is 10.1. The van der Waals surface area contributed by atoms with E-state index in [0.29, 0.717) is 0 Å². The quantitative estimate of drug-likeness (QED) is 0.248. The molecule has 0 saturated heterocycles. The zero-order chi connectivity index (χ0) is 22.1. The van der Waals surface area contributed by atoms with Gasteiger partial charge in [0.2, 0.25) is 0 Å². The number of fused-ring (bicyclic) bond motifs is 1. The Hall–Kier alpha value is -2.00. The van der Waals surface area contributed by atoms with E-state index >= 15 is 0 Å². The van der Waals surface area contributed by atoms with Gasteiger partial charge in [-0.05, 0) is 56.2 Å². The molecule has 0 bridgehead atoms. The van der Waals surface area contributed by atoms with Crippen LogP contribution in [0.4, 0.5) is 0 Å². The lowest BCUT2D eigenvalue weighted by molar-refractivity contribution is 0.211. The summed E-state index contributed by atoms with van der Waals surface area (Å²) in [5.74, 6) is 1.82. The van der Waals surface area contributed by atoms with Crippen molar-refractivity contribution in [1.29, 1.82) is 0 Å². The molecular formula is C27H37ClN2O. The van der Waals surface area contributed by atoms with E-state index < -0.39 is 0 Å². The van der Waals surface area contributed by atoms with E-state index in [1.165, 1.54) is 63.3 Å². The summed E-state index contributed by atoms with van der Waals surface area (Å²) < 4.78 is 8.61. The average molecular weight is 441 g/mol. The third kappa shape index (κ3) is 6.74. The Balaban J connectivity index is 1.61. The highest BCUT2D eigenvalue weighted by molar-refractivity contribution is 6.31. The number of hydrogen-bond acceptors (Lipinski definition) is 2. The van der Waals surface area contributed by atoms with E-state index in [9.17, 15) is 0 Å². The average Bonchev–Trinajstić information content (AvgIpc) is 3.14. The van der Waals surface area contributed by atoms with Crippen LogP contribution in [0.15, 0.2) is 42.5 Å². The molecule has 0 fully saturated rings. The normalized spacial score (nSPS) is 12.4. The standard InChI is InChI=1S/C27H37ClN2O/c1-4-5-6-7-8-9-10-11-14-19-30-26-16-13-12-15-25(26)29-27(30)22(3)31-23-17-18-24(28)21(2)20-23/h12-13,15-18,20,22H,4-11,14,19H2,1-3H3. The van der Waals surface area contributed by atoms with E-state index in [4.69, 9.17) is 21.3 Å². The van der Waals surface area contributed by atoms with E-state index in [0.717, 1.165) is 34.2 Å². The third-order valence-corrected chi connectivity index (χ3v) is 6.40. The minimum Gasteiger partial charge on any atom is -0.483 e. The Bertz CT molecular complexity index is 950. The SMILES string of the molecule is CCCCCCCCCCCn1c(C(C)Oc2ccc(Cl)c(C)c2)nc2ccccc21. The fourth-order valence-corrected chi connectivity index (χ4v) is 4.28. The van der Waals surface area contributed by atoms with Crippen molar-refractivity contribution in [3.63, 3.8) is 0 Å². The van der Waals surface area contributed by atoms with Crippen LogP contribution in [-0.2, 0) is 6.54 Å². The molecule has 3 nitrogen and oxygen atoms in total. The van der Waals surface area contributed by atoms with Crippen LogP contribution in [0, 0.1) is 6.92 Å². The maximum Gasteiger partial charge on any atom is 0.153 e. The van der Waals surface area contributed by atoms with E-state index in [2.05, 4.69) is 42.7 Å². The first-order valence-electron chi connectivity index (χ1n) is 12.0. The summed E-state index contributed by atoms with van der Waals surface area (Å²) in [4.78, 5) is 4.92. The summed E-state index contributed by atoms with van der Waals surface area (Å²) in [6, 6.07) is 14.2. The first kappa shape index (κ1) is 23.7. The summed E-state index contributed by atoms with van der Waals surface area (Å²) in [6.45, 7) is 7.34. The van der Waals surface area contributed by atoms with Crippen molar-refractivity contribution >= 4 is 22.6 Å². The summed E-state index contributed by atoms with van der Waals surface area (Å²) in [5, 5.41) is 0.762. The van der Waals surface area contributed by atoms with E-state index in [1.54, 1.807) is 0 Å². The van der Waals surface area contributed by atoms with Crippen molar-refractivity contribution in [2.24, 2.45) is 0 Å². The van der Waals surface area contributed by atoms with Crippen molar-refractivity contribution in [3.8, 4) is 5.75 Å². The van der Waals surface area contributed by atoms with Crippen LogP contribution >= 0.6 is 11.6 Å². The van der Waals surface area contributed by atoms with Gasteiger partial charge in [-0.1, -0.05) is 82.0 Å². The number of unbranched alkanes of at least 4 members (excludes halogenated alkanes) is 8. The molecule has 3 aromatic rings. The second-order valence-corrected chi connectivity index (χ2v) is 9.02. The van der Waals surface area contributed by atoms with Gasteiger partial charge in [0, 0.05) is 11.6 Å². The second-order valence-electron chi connectivity index (χ2n) is 8.61. The highest BCUT2D eigenvalue weighted by Crippen LogP contribution is 2.28. The number of para-hydroxylation sites is 2. The molecule has 0 spiro atoms. The van der Waals surface area contributed by atoms with Crippen molar-refractivity contribution in [2.45, 2.75) is 91.2 Å². The van der Waals surface area contributed by atoms with Crippen LogP contribution in [0.1, 0.15) is 89.1 Å². The molecule has 0 aliphatic rings. The monoisotopic (exact) mass is 440 g/mol. The van der Waals surface area contributed by atoms with Crippen molar-refractivity contribution in [1.82, 2.24) is 9.55 Å². The number of nitrogens with zero attached hydrogens (tertiary/aromatic N) is 2. The fourth-order valence-electron chi connectivity index (χ4n) is 4.17. The molecule has 2 aromatic carbocycles. The number of halogens is 1. The summed E-state index contributed by atoms with van der Waals surface area (Å²) in [7, 11) is 0. The first-order valence-corrected chi connectivity index (χ1v) is 12.4. The molecule has 1 atom stereocenters. The van der Waals surface area contributed by atoms with Gasteiger partial charge in [0.15, 0.2) is 11.9 Å². The van der Waals surface area contributed by atoms with Crippen molar-refractivity contribution in [3.05, 3.63) is 58.9 Å². The number of aromatic nitrogens is 2. The van der Waals surface area contributed by atoms with Gasteiger partial charge in [-0.3, -0.25) is 0 Å². The highest BCUT2D eigenvalue weighted by Gasteiger charge is 2.18. The van der Waals surface area contributed by atoms with Gasteiger partial charge in [0.25, 0.3) is 0 Å². The Morgan fingerprint density at radius 3 is 2.32 bits per heavy atom. The zero-order valence-electron chi connectivity index (χ0n) is 19.4. The number of imidazole rings is 1. The third-order valence-electron chi connectivity index (χ3n) is 5.98. The smallest absolute Gasteiger partial charge is 0.153 e. The molecule has 0 aliphatic heterocycles. The van der Waals surface area contributed by atoms with Gasteiger partial charge in [0.1, 0.15) is 5.75 Å². The molecule has 0 aliphatic carbocycles. The van der Waals surface area contributed by atoms with Crippen LogP contribution in [0.2, 0.25) is 5.02 Å². The molecule has 0 saturated carbocycles. The van der Waals surface area contributed by atoms with Crippen LogP contribution in [0.5, 0.6) is 5.75 Å². The second kappa shape index (κ2) is 12.1. The summed E-state index contributed by atoms with van der Waals surface area (Å²) in [5.41, 5.74) is 3.26. The van der Waals surface area contributed by atoms with Gasteiger partial charge in [-0.15, -0.1) is 0 Å². The number of ether oxygens (including phenoxy) is 1. The molecule has 3 rings (SSSR count). The highest BCUT2D eigenvalue weighted by atomic mass is 35.5. The number of aryl methyl sites for hydroxylation is 2. The number of hydrogen-bond donors (Lipinski definition) is 0. The summed E-state index contributed by atoms with van der Waals surface area (Å²) in [6.07, 6.45) is 11.9. The maximum atomic E-state index is 6.26. The predicted molar refractivity (Wildman–Crippen MR) is 132 cm³/mol. The molecule has 1 heterocycles. The van der Waals surface area contributed by atoms with Gasteiger partial charge in [-0.2, -0.15) is 0 Å². The molecule has 31 heavy (non-hydrogen) atoms. The summed E-state index contributed by atoms with van der Waals surface area (Å²) >= 11 is 6.17. The molecule has 0 N–H and O–H groups in total. The Morgan fingerprint density at radius 1 is 0.935 bits per heavy atom. The Kier molecular flexibility index (Phi) is 9.27. The number of benzene rings is 2. The van der Waals surface area contributed by atoms with Gasteiger partial charge in [0.05, 0.1) is 11.0 Å². The van der Waals surface area contributed by atoms with Crippen LogP contribution < -0.4 is 4.74 Å². The molecule has 1 unspecified atom stereocenters. The minimum absolute atomic E-state index is 0.133. The molecule has 4 heteroatoms. The van der Waals surface area contributed by atoms with E-state index in [1.807, 2.05) is 25.1 Å². The largest absolute Gasteiger partial charge is 0.483 e. The van der Waals surface area contributed by atoms with Crippen molar-refractivity contribution in [2.75, 3.05) is 0 Å². The maximum absolute atomic E-state index is 6.26.